The molecule has 3 N–H and O–H groups in total. The van der Waals surface area contributed by atoms with Crippen molar-refractivity contribution in [2.75, 3.05) is 13.2 Å². The summed E-state index contributed by atoms with van der Waals surface area (Å²) in [7, 11) is 0. The zero-order valence-electron chi connectivity index (χ0n) is 12.5. The summed E-state index contributed by atoms with van der Waals surface area (Å²) in [6.45, 7) is 3.86. The highest BCUT2D eigenvalue weighted by Crippen LogP contribution is 2.21. The van der Waals surface area contributed by atoms with Crippen molar-refractivity contribution in [3.63, 3.8) is 0 Å². The molecule has 1 aromatic rings. The van der Waals surface area contributed by atoms with Gasteiger partial charge in [0.2, 0.25) is 0 Å². The molecule has 0 aliphatic carbocycles. The molecule has 1 aromatic carbocycles. The number of esters is 1. The highest BCUT2D eigenvalue weighted by atomic mass is 35.5. The Morgan fingerprint density at radius 3 is 2.57 bits per heavy atom. The van der Waals surface area contributed by atoms with Gasteiger partial charge in [-0.25, -0.2) is 4.79 Å². The summed E-state index contributed by atoms with van der Waals surface area (Å²) in [5.41, 5.74) is 6.62. The summed E-state index contributed by atoms with van der Waals surface area (Å²) in [5.74, 6) is 0.243. The number of aliphatic hydroxyl groups excluding tert-OH is 1. The van der Waals surface area contributed by atoms with Gasteiger partial charge in [0, 0.05) is 6.04 Å². The minimum absolute atomic E-state index is 0. The van der Waals surface area contributed by atoms with E-state index in [-0.39, 0.29) is 31.0 Å². The van der Waals surface area contributed by atoms with E-state index in [1.165, 1.54) is 0 Å². The first-order valence-corrected chi connectivity index (χ1v) is 6.89. The Balaban J connectivity index is 0.00000400. The van der Waals surface area contributed by atoms with Crippen LogP contribution in [0.3, 0.4) is 0 Å². The molecule has 0 aliphatic rings. The maximum Gasteiger partial charge on any atom is 0.347 e. The first-order valence-electron chi connectivity index (χ1n) is 6.89. The normalized spacial score (nSPS) is 13.0. The van der Waals surface area contributed by atoms with Crippen LogP contribution in [0.25, 0.3) is 0 Å². The first kappa shape index (κ1) is 19.7. The lowest BCUT2D eigenvalue weighted by Gasteiger charge is -2.19. The van der Waals surface area contributed by atoms with Crippen LogP contribution in [0.1, 0.15) is 25.8 Å². The molecule has 0 heterocycles. The molecule has 0 radical (unpaired) electrons. The maximum absolute atomic E-state index is 11.8. The quantitative estimate of drug-likeness (QED) is 0.713. The standard InChI is InChI=1S/C15H23NO4.ClH/c1-3-13(15(18)19-4-2)20-14-8-6-5-7-11(14)9-12(16)10-17;/h5-8,12-13,17H,3-4,9-10,16H2,1-2H3;1H. The fourth-order valence-electron chi connectivity index (χ4n) is 1.82. The summed E-state index contributed by atoms with van der Waals surface area (Å²) in [6.07, 6.45) is 0.395. The lowest BCUT2D eigenvalue weighted by Crippen LogP contribution is -2.30. The van der Waals surface area contributed by atoms with E-state index < -0.39 is 6.10 Å². The van der Waals surface area contributed by atoms with Crippen LogP contribution in [0.2, 0.25) is 0 Å². The number of carbonyl (C=O) groups excluding carboxylic acids is 1. The Bertz CT molecular complexity index is 428. The van der Waals surface area contributed by atoms with E-state index >= 15 is 0 Å². The van der Waals surface area contributed by atoms with Crippen molar-refractivity contribution in [3.05, 3.63) is 29.8 Å². The van der Waals surface area contributed by atoms with Crippen molar-refractivity contribution in [3.8, 4) is 5.75 Å². The molecule has 6 heteroatoms. The van der Waals surface area contributed by atoms with Crippen molar-refractivity contribution < 1.29 is 19.4 Å². The third-order valence-electron chi connectivity index (χ3n) is 2.88. The maximum atomic E-state index is 11.8. The van der Waals surface area contributed by atoms with E-state index in [0.717, 1.165) is 5.56 Å². The molecule has 0 aliphatic heterocycles. The highest BCUT2D eigenvalue weighted by Gasteiger charge is 2.21. The monoisotopic (exact) mass is 317 g/mol. The molecule has 0 bridgehead atoms. The van der Waals surface area contributed by atoms with E-state index in [1.807, 2.05) is 25.1 Å². The van der Waals surface area contributed by atoms with Crippen molar-refractivity contribution in [1.82, 2.24) is 0 Å². The Labute approximate surface area is 131 Å². The molecule has 2 atom stereocenters. The topological polar surface area (TPSA) is 81.8 Å². The zero-order valence-corrected chi connectivity index (χ0v) is 13.3. The predicted molar refractivity (Wildman–Crippen MR) is 83.8 cm³/mol. The van der Waals surface area contributed by atoms with E-state index in [4.69, 9.17) is 20.3 Å². The van der Waals surface area contributed by atoms with Crippen molar-refractivity contribution >= 4 is 18.4 Å². The Morgan fingerprint density at radius 1 is 1.33 bits per heavy atom. The predicted octanol–water partition coefficient (Wildman–Crippen LogP) is 1.69. The Hall–Kier alpha value is -1.30. The van der Waals surface area contributed by atoms with Gasteiger partial charge < -0.3 is 20.3 Å². The van der Waals surface area contributed by atoms with Crippen molar-refractivity contribution in [1.29, 1.82) is 0 Å². The molecule has 0 saturated heterocycles. The molecule has 0 saturated carbocycles. The van der Waals surface area contributed by atoms with Crippen LogP contribution in [-0.2, 0) is 16.0 Å². The second kappa shape index (κ2) is 10.4. The molecule has 0 amide bonds. The van der Waals surface area contributed by atoms with Crippen LogP contribution in [0, 0.1) is 0 Å². The number of benzene rings is 1. The molecule has 21 heavy (non-hydrogen) atoms. The lowest BCUT2D eigenvalue weighted by molar-refractivity contribution is -0.151. The van der Waals surface area contributed by atoms with Crippen molar-refractivity contribution in [2.45, 2.75) is 38.8 Å². The third-order valence-corrected chi connectivity index (χ3v) is 2.88. The molecular weight excluding hydrogens is 294 g/mol. The van der Waals surface area contributed by atoms with Gasteiger partial charge in [-0.1, -0.05) is 25.1 Å². The number of aliphatic hydroxyl groups is 1. The number of carbonyl (C=O) groups is 1. The van der Waals surface area contributed by atoms with Crippen LogP contribution < -0.4 is 10.5 Å². The Kier molecular flexibility index (Phi) is 9.78. The van der Waals surface area contributed by atoms with Gasteiger partial charge in [-0.2, -0.15) is 0 Å². The highest BCUT2D eigenvalue weighted by molar-refractivity contribution is 5.85. The summed E-state index contributed by atoms with van der Waals surface area (Å²) in [6, 6.07) is 7.03. The summed E-state index contributed by atoms with van der Waals surface area (Å²) >= 11 is 0. The molecular formula is C15H24ClNO4. The second-order valence-electron chi connectivity index (χ2n) is 4.52. The summed E-state index contributed by atoms with van der Waals surface area (Å²) < 4.78 is 10.7. The molecule has 1 rings (SSSR count). The fourth-order valence-corrected chi connectivity index (χ4v) is 1.82. The fraction of sp³-hybridized carbons (Fsp3) is 0.533. The van der Waals surface area contributed by atoms with Crippen LogP contribution in [0.15, 0.2) is 24.3 Å². The van der Waals surface area contributed by atoms with Gasteiger partial charge in [-0.05, 0) is 31.4 Å². The van der Waals surface area contributed by atoms with E-state index in [0.29, 0.717) is 25.2 Å². The lowest BCUT2D eigenvalue weighted by atomic mass is 10.1. The molecule has 0 aromatic heterocycles. The SMILES string of the molecule is CCOC(=O)C(CC)Oc1ccccc1CC(N)CO.Cl. The minimum atomic E-state index is -0.624. The van der Waals surface area contributed by atoms with Gasteiger partial charge >= 0.3 is 5.97 Å². The van der Waals surface area contributed by atoms with Crippen LogP contribution in [0.4, 0.5) is 0 Å². The van der Waals surface area contributed by atoms with Gasteiger partial charge in [-0.3, -0.25) is 0 Å². The number of ether oxygens (including phenoxy) is 2. The summed E-state index contributed by atoms with van der Waals surface area (Å²) in [5, 5.41) is 9.03. The van der Waals surface area contributed by atoms with Crippen LogP contribution in [0.5, 0.6) is 5.75 Å². The molecule has 5 nitrogen and oxygen atoms in total. The first-order chi connectivity index (χ1) is 9.62. The second-order valence-corrected chi connectivity index (χ2v) is 4.52. The van der Waals surface area contributed by atoms with Crippen LogP contribution in [-0.4, -0.2) is 36.4 Å². The average molecular weight is 318 g/mol. The number of hydrogen-bond acceptors (Lipinski definition) is 5. The minimum Gasteiger partial charge on any atom is -0.478 e. The van der Waals surface area contributed by atoms with Crippen LogP contribution >= 0.6 is 12.4 Å². The number of halogens is 1. The number of nitrogens with two attached hydrogens (primary N) is 1. The van der Waals surface area contributed by atoms with Gasteiger partial charge in [0.05, 0.1) is 13.2 Å². The van der Waals surface area contributed by atoms with Crippen molar-refractivity contribution in [2.24, 2.45) is 5.73 Å². The number of rotatable bonds is 8. The van der Waals surface area contributed by atoms with Gasteiger partial charge in [0.15, 0.2) is 6.10 Å². The van der Waals surface area contributed by atoms with E-state index in [9.17, 15) is 4.79 Å². The molecule has 2 unspecified atom stereocenters. The van der Waals surface area contributed by atoms with Gasteiger partial charge in [0.25, 0.3) is 0 Å². The average Bonchev–Trinajstić information content (AvgIpc) is 2.46. The van der Waals surface area contributed by atoms with E-state index in [2.05, 4.69) is 0 Å². The zero-order chi connectivity index (χ0) is 15.0. The summed E-state index contributed by atoms with van der Waals surface area (Å²) in [4.78, 5) is 11.8. The molecule has 0 spiro atoms. The molecule has 120 valence electrons. The number of para-hydroxylation sites is 1. The third kappa shape index (κ3) is 6.33. The smallest absolute Gasteiger partial charge is 0.347 e. The van der Waals surface area contributed by atoms with Gasteiger partial charge in [0.1, 0.15) is 5.75 Å². The number of hydrogen-bond donors (Lipinski definition) is 2. The largest absolute Gasteiger partial charge is 0.478 e. The molecule has 0 fully saturated rings. The van der Waals surface area contributed by atoms with Gasteiger partial charge in [-0.15, -0.1) is 12.4 Å². The van der Waals surface area contributed by atoms with E-state index in [1.54, 1.807) is 13.0 Å². The Morgan fingerprint density at radius 2 is 2.00 bits per heavy atom.